The molecule has 1 unspecified atom stereocenters. The molecule has 1 atom stereocenters. The first-order valence-corrected chi connectivity index (χ1v) is 9.33. The fourth-order valence-electron chi connectivity index (χ4n) is 2.56. The topological polar surface area (TPSA) is 136 Å². The Labute approximate surface area is 142 Å². The van der Waals surface area contributed by atoms with E-state index in [1.54, 1.807) is 10.9 Å². The summed E-state index contributed by atoms with van der Waals surface area (Å²) in [7, 11) is -4.25. The molecule has 0 bridgehead atoms. The van der Waals surface area contributed by atoms with Crippen molar-refractivity contribution in [1.29, 1.82) is 0 Å². The molecule has 25 heavy (non-hydrogen) atoms. The smallest absolute Gasteiger partial charge is 0.350 e. The minimum atomic E-state index is -4.25. The lowest BCUT2D eigenvalue weighted by Gasteiger charge is -2.19. The Morgan fingerprint density at radius 1 is 1.20 bits per heavy atom. The summed E-state index contributed by atoms with van der Waals surface area (Å²) in [6.07, 6.45) is 6.30. The molecule has 3 N–H and O–H groups in total. The third-order valence-electron chi connectivity index (χ3n) is 3.62. The molecule has 0 fully saturated rings. The largest absolute Gasteiger partial charge is 0.396 e. The van der Waals surface area contributed by atoms with E-state index in [0.29, 0.717) is 23.4 Å². The fourth-order valence-corrected chi connectivity index (χ4v) is 2.90. The molecule has 3 aromatic rings. The van der Waals surface area contributed by atoms with Gasteiger partial charge in [-0.2, -0.15) is 0 Å². The maximum absolute atomic E-state index is 11.0. The number of hydrogen-bond acceptors (Lipinski definition) is 6. The first-order chi connectivity index (χ1) is 12.0. The summed E-state index contributed by atoms with van der Waals surface area (Å²) < 4.78 is 19.7. The van der Waals surface area contributed by atoms with Crippen LogP contribution in [0.2, 0.25) is 0 Å². The van der Waals surface area contributed by atoms with E-state index >= 15 is 0 Å². The normalized spacial score (nSPS) is 13.4. The van der Waals surface area contributed by atoms with Crippen molar-refractivity contribution in [3.8, 4) is 5.82 Å². The Bertz CT molecular complexity index is 875. The van der Waals surface area contributed by atoms with Crippen molar-refractivity contribution < 1.29 is 24.2 Å². The summed E-state index contributed by atoms with van der Waals surface area (Å²) in [5.41, 5.74) is 1.13. The number of imidazole rings is 1. The molecule has 0 saturated heterocycles. The number of aliphatic hydroxyl groups excluding tert-OH is 1. The number of aromatic nitrogens is 5. The van der Waals surface area contributed by atoms with Crippen LogP contribution in [-0.2, 0) is 9.30 Å². The second-order valence-electron chi connectivity index (χ2n) is 5.44. The van der Waals surface area contributed by atoms with Gasteiger partial charge in [-0.25, -0.2) is 15.0 Å². The Hall–Kier alpha value is -2.10. The minimum absolute atomic E-state index is 0.0111. The lowest BCUT2D eigenvalue weighted by atomic mass is 10.2. The summed E-state index contributed by atoms with van der Waals surface area (Å²) in [6, 6.07) is 3.35. The molecule has 0 spiro atoms. The number of ether oxygens (including phenoxy) is 1. The summed E-state index contributed by atoms with van der Waals surface area (Å²) in [6.45, 7) is -0.104. The summed E-state index contributed by atoms with van der Waals surface area (Å²) in [5, 5.41) is 9.34. The van der Waals surface area contributed by atoms with Crippen molar-refractivity contribution in [2.75, 3.05) is 19.6 Å². The van der Waals surface area contributed by atoms with Crippen LogP contribution in [0, 0.1) is 0 Å². The number of hydrogen-bond donors (Lipinski definition) is 3. The van der Waals surface area contributed by atoms with Crippen molar-refractivity contribution in [2.45, 2.75) is 12.5 Å². The average Bonchev–Trinajstić information content (AvgIpc) is 3.22. The SMILES string of the molecule is O=P(O)(O)COCC(CCO)n1cnc2ncnc(-n3cccc3)c21. The van der Waals surface area contributed by atoms with Gasteiger partial charge in [0.05, 0.1) is 19.0 Å². The van der Waals surface area contributed by atoms with Crippen molar-refractivity contribution in [3.63, 3.8) is 0 Å². The third-order valence-corrected chi connectivity index (χ3v) is 4.14. The highest BCUT2D eigenvalue weighted by atomic mass is 31.2. The van der Waals surface area contributed by atoms with Gasteiger partial charge in [0.15, 0.2) is 11.5 Å². The van der Waals surface area contributed by atoms with Crippen LogP contribution < -0.4 is 0 Å². The number of aliphatic hydroxyl groups is 1. The predicted molar refractivity (Wildman–Crippen MR) is 88.3 cm³/mol. The zero-order valence-corrected chi connectivity index (χ0v) is 14.1. The second-order valence-corrected chi connectivity index (χ2v) is 7.03. The van der Waals surface area contributed by atoms with Crippen LogP contribution in [0.1, 0.15) is 12.5 Å². The van der Waals surface area contributed by atoms with E-state index in [-0.39, 0.29) is 19.3 Å². The first-order valence-electron chi connectivity index (χ1n) is 7.53. The standard InChI is InChI=1S/C14H18N5O5P/c20-6-3-11(7-24-10-25(21,22)23)19-9-17-13-12(19)14(16-8-15-13)18-4-1-2-5-18/h1-2,4-5,8-9,11,20H,3,6-7,10H2,(H2,21,22,23). The Morgan fingerprint density at radius 3 is 2.64 bits per heavy atom. The van der Waals surface area contributed by atoms with E-state index in [1.807, 2.05) is 29.1 Å². The maximum atomic E-state index is 11.0. The zero-order valence-electron chi connectivity index (χ0n) is 13.2. The quantitative estimate of drug-likeness (QED) is 0.495. The molecule has 0 saturated carbocycles. The highest BCUT2D eigenvalue weighted by Crippen LogP contribution is 2.34. The van der Waals surface area contributed by atoms with Crippen LogP contribution in [0.4, 0.5) is 0 Å². The molecule has 11 heteroatoms. The van der Waals surface area contributed by atoms with Crippen LogP contribution in [0.5, 0.6) is 0 Å². The van der Waals surface area contributed by atoms with E-state index in [2.05, 4.69) is 15.0 Å². The molecule has 0 aromatic carbocycles. The van der Waals surface area contributed by atoms with E-state index in [1.165, 1.54) is 6.33 Å². The van der Waals surface area contributed by atoms with Crippen molar-refractivity contribution >= 4 is 18.8 Å². The monoisotopic (exact) mass is 367 g/mol. The van der Waals surface area contributed by atoms with Gasteiger partial charge in [0, 0.05) is 19.0 Å². The second kappa shape index (κ2) is 7.42. The van der Waals surface area contributed by atoms with Crippen LogP contribution in [0.25, 0.3) is 17.0 Å². The van der Waals surface area contributed by atoms with Gasteiger partial charge >= 0.3 is 7.60 Å². The van der Waals surface area contributed by atoms with Crippen LogP contribution in [0.15, 0.2) is 37.2 Å². The average molecular weight is 367 g/mol. The number of fused-ring (bicyclic) bond motifs is 1. The Kier molecular flexibility index (Phi) is 5.26. The highest BCUT2D eigenvalue weighted by molar-refractivity contribution is 7.51. The van der Waals surface area contributed by atoms with Gasteiger partial charge in [-0.1, -0.05) is 0 Å². The maximum Gasteiger partial charge on any atom is 0.350 e. The molecule has 0 amide bonds. The Morgan fingerprint density at radius 2 is 1.96 bits per heavy atom. The zero-order chi connectivity index (χ0) is 17.9. The van der Waals surface area contributed by atoms with Crippen LogP contribution in [-0.4, -0.2) is 58.5 Å². The lowest BCUT2D eigenvalue weighted by Crippen LogP contribution is -2.18. The van der Waals surface area contributed by atoms with E-state index in [0.717, 1.165) is 0 Å². The molecule has 3 rings (SSSR count). The molecule has 3 heterocycles. The molecule has 0 radical (unpaired) electrons. The first kappa shape index (κ1) is 17.7. The van der Waals surface area contributed by atoms with Gasteiger partial charge < -0.3 is 28.8 Å². The van der Waals surface area contributed by atoms with Gasteiger partial charge in [-0.15, -0.1) is 0 Å². The molecule has 0 aliphatic heterocycles. The van der Waals surface area contributed by atoms with Gasteiger partial charge in [0.25, 0.3) is 0 Å². The van der Waals surface area contributed by atoms with Gasteiger partial charge in [-0.05, 0) is 18.6 Å². The Balaban J connectivity index is 1.96. The van der Waals surface area contributed by atoms with Crippen LogP contribution in [0.3, 0.4) is 0 Å². The number of nitrogens with zero attached hydrogens (tertiary/aromatic N) is 5. The fraction of sp³-hybridized carbons (Fsp3) is 0.357. The minimum Gasteiger partial charge on any atom is -0.396 e. The van der Waals surface area contributed by atoms with Crippen molar-refractivity contribution in [2.24, 2.45) is 0 Å². The van der Waals surface area contributed by atoms with Crippen molar-refractivity contribution in [1.82, 2.24) is 24.1 Å². The molecule has 134 valence electrons. The van der Waals surface area contributed by atoms with Crippen molar-refractivity contribution in [3.05, 3.63) is 37.2 Å². The van der Waals surface area contributed by atoms with Gasteiger partial charge in [-0.3, -0.25) is 4.57 Å². The molecule has 3 aromatic heterocycles. The molecule has 0 aliphatic rings. The molecule has 0 aliphatic carbocycles. The highest BCUT2D eigenvalue weighted by Gasteiger charge is 2.20. The van der Waals surface area contributed by atoms with E-state index < -0.39 is 13.9 Å². The number of rotatable bonds is 8. The third kappa shape index (κ3) is 4.12. The van der Waals surface area contributed by atoms with Gasteiger partial charge in [0.2, 0.25) is 0 Å². The van der Waals surface area contributed by atoms with Gasteiger partial charge in [0.1, 0.15) is 18.2 Å². The molecular formula is C14H18N5O5P. The molecular weight excluding hydrogens is 349 g/mol. The summed E-state index contributed by atoms with van der Waals surface area (Å²) in [5.74, 6) is 0.616. The van der Waals surface area contributed by atoms with Crippen LogP contribution >= 0.6 is 7.60 Å². The predicted octanol–water partition coefficient (Wildman–Crippen LogP) is 0.692. The lowest BCUT2D eigenvalue weighted by molar-refractivity contribution is 0.112. The van der Waals surface area contributed by atoms with E-state index in [9.17, 15) is 9.67 Å². The van der Waals surface area contributed by atoms with E-state index in [4.69, 9.17) is 14.5 Å². The summed E-state index contributed by atoms with van der Waals surface area (Å²) >= 11 is 0. The molecule has 10 nitrogen and oxygen atoms in total. The summed E-state index contributed by atoms with van der Waals surface area (Å²) in [4.78, 5) is 30.6.